The van der Waals surface area contributed by atoms with E-state index < -0.39 is 0 Å². The maximum atomic E-state index is 14.8. The van der Waals surface area contributed by atoms with E-state index in [9.17, 15) is 4.39 Å². The fourth-order valence-electron chi connectivity index (χ4n) is 4.40. The molecule has 0 atom stereocenters. The highest BCUT2D eigenvalue weighted by Gasteiger charge is 2.23. The van der Waals surface area contributed by atoms with Crippen molar-refractivity contribution in [2.45, 2.75) is 31.8 Å². The Labute approximate surface area is 189 Å². The number of anilines is 4. The van der Waals surface area contributed by atoms with Crippen molar-refractivity contribution in [1.82, 2.24) is 29.9 Å². The summed E-state index contributed by atoms with van der Waals surface area (Å²) in [6.45, 7) is 2.85. The molecule has 5 heterocycles. The number of benzene rings is 1. The number of aromatic nitrogens is 6. The van der Waals surface area contributed by atoms with Crippen LogP contribution < -0.4 is 15.5 Å². The van der Waals surface area contributed by atoms with Crippen molar-refractivity contribution >= 4 is 34.3 Å². The third-order valence-corrected chi connectivity index (χ3v) is 6.15. The number of nitrogens with one attached hydrogen (secondary N) is 4. The van der Waals surface area contributed by atoms with Gasteiger partial charge >= 0.3 is 0 Å². The van der Waals surface area contributed by atoms with Crippen molar-refractivity contribution in [3.63, 3.8) is 0 Å². The molecule has 0 saturated carbocycles. The second kappa shape index (κ2) is 8.32. The molecule has 1 saturated heterocycles. The highest BCUT2D eigenvalue weighted by Crippen LogP contribution is 2.29. The highest BCUT2D eigenvalue weighted by molar-refractivity contribution is 5.85. The van der Waals surface area contributed by atoms with Crippen LogP contribution in [0.5, 0.6) is 0 Å². The van der Waals surface area contributed by atoms with E-state index in [1.165, 1.54) is 6.07 Å². The molecule has 0 unspecified atom stereocenters. The Morgan fingerprint density at radius 3 is 2.85 bits per heavy atom. The monoisotopic (exact) mass is 449 g/mol. The van der Waals surface area contributed by atoms with E-state index in [2.05, 4.69) is 40.5 Å². The Bertz CT molecular complexity index is 1280. The molecule has 1 fully saturated rings. The van der Waals surface area contributed by atoms with Crippen molar-refractivity contribution in [3.8, 4) is 0 Å². The second-order valence-electron chi connectivity index (χ2n) is 8.32. The summed E-state index contributed by atoms with van der Waals surface area (Å²) in [5, 5.41) is 6.42. The number of halogens is 1. The quantitative estimate of drug-likeness (QED) is 0.367. The fraction of sp³-hybridized carbons (Fsp3) is 0.364. The van der Waals surface area contributed by atoms with E-state index in [1.54, 1.807) is 18.7 Å². The molecule has 0 radical (unpaired) electrons. The summed E-state index contributed by atoms with van der Waals surface area (Å²) in [5.74, 6) is 0.790. The summed E-state index contributed by atoms with van der Waals surface area (Å²) in [6.07, 6.45) is 5.90. The number of H-pyrrole nitrogens is 2. The largest absolute Gasteiger partial charge is 0.381 e. The lowest BCUT2D eigenvalue weighted by Crippen LogP contribution is -2.31. The fourth-order valence-corrected chi connectivity index (χ4v) is 4.40. The van der Waals surface area contributed by atoms with Gasteiger partial charge in [0.05, 0.1) is 36.3 Å². The topological polar surface area (TPSA) is 120 Å². The highest BCUT2D eigenvalue weighted by atomic mass is 19.1. The molecule has 0 bridgehead atoms. The van der Waals surface area contributed by atoms with Gasteiger partial charge < -0.3 is 30.2 Å². The molecule has 2 aliphatic rings. The molecule has 2 aliphatic heterocycles. The third kappa shape index (κ3) is 3.95. The van der Waals surface area contributed by atoms with Crippen LogP contribution in [-0.2, 0) is 17.7 Å². The van der Waals surface area contributed by atoms with Gasteiger partial charge in [0.15, 0.2) is 11.5 Å². The van der Waals surface area contributed by atoms with Crippen LogP contribution >= 0.6 is 0 Å². The number of fused-ring (bicyclic) bond motifs is 2. The van der Waals surface area contributed by atoms with E-state index in [1.807, 2.05) is 6.07 Å². The SMILES string of the molecule is Fc1cc(Nc2nc(N3CCc4nc[nH]c4C3)c3[nH]cnc3n2)ccc1NC1CCOCC1. The van der Waals surface area contributed by atoms with Gasteiger partial charge in [-0.3, -0.25) is 0 Å². The first kappa shape index (κ1) is 19.9. The zero-order chi connectivity index (χ0) is 22.2. The summed E-state index contributed by atoms with van der Waals surface area (Å²) in [7, 11) is 0. The Morgan fingerprint density at radius 1 is 1.09 bits per heavy atom. The molecule has 3 aromatic heterocycles. The molecular weight excluding hydrogens is 425 g/mol. The Hall–Kier alpha value is -3.73. The van der Waals surface area contributed by atoms with Crippen LogP contribution in [-0.4, -0.2) is 55.7 Å². The normalized spacial score (nSPS) is 16.7. The predicted octanol–water partition coefficient (Wildman–Crippen LogP) is 3.11. The minimum absolute atomic E-state index is 0.222. The zero-order valence-electron chi connectivity index (χ0n) is 17.9. The summed E-state index contributed by atoms with van der Waals surface area (Å²) in [5.41, 5.74) is 4.55. The van der Waals surface area contributed by atoms with Gasteiger partial charge in [0.2, 0.25) is 5.95 Å². The zero-order valence-corrected chi connectivity index (χ0v) is 17.9. The standard InChI is InChI=1S/C22H24FN9O/c23-15-9-14(1-2-16(15)28-13-4-7-33-8-5-13)29-22-30-20-19(26-12-27-20)21(31-22)32-6-3-17-18(10-32)25-11-24-17/h1-2,9,11-13,28H,3-8,10H2,(H,24,25)(H2,26,27,29,30,31). The van der Waals surface area contributed by atoms with Crippen molar-refractivity contribution in [3.05, 3.63) is 48.1 Å². The summed E-state index contributed by atoms with van der Waals surface area (Å²) in [6, 6.07) is 5.24. The summed E-state index contributed by atoms with van der Waals surface area (Å²) < 4.78 is 20.2. The molecule has 33 heavy (non-hydrogen) atoms. The van der Waals surface area contributed by atoms with Crippen LogP contribution in [0.2, 0.25) is 0 Å². The number of hydrogen-bond acceptors (Lipinski definition) is 8. The van der Waals surface area contributed by atoms with Crippen molar-refractivity contribution in [2.75, 3.05) is 35.3 Å². The van der Waals surface area contributed by atoms with Crippen LogP contribution in [0.15, 0.2) is 30.9 Å². The first-order valence-electron chi connectivity index (χ1n) is 11.1. The number of hydrogen-bond donors (Lipinski definition) is 4. The number of nitrogens with zero attached hydrogens (tertiary/aromatic N) is 5. The third-order valence-electron chi connectivity index (χ3n) is 6.15. The minimum atomic E-state index is -0.324. The van der Waals surface area contributed by atoms with Gasteiger partial charge in [0.25, 0.3) is 0 Å². The van der Waals surface area contributed by atoms with E-state index in [-0.39, 0.29) is 11.9 Å². The first-order valence-corrected chi connectivity index (χ1v) is 11.1. The molecule has 6 rings (SSSR count). The lowest BCUT2D eigenvalue weighted by atomic mass is 10.1. The van der Waals surface area contributed by atoms with E-state index >= 15 is 0 Å². The van der Waals surface area contributed by atoms with Crippen LogP contribution in [0.3, 0.4) is 0 Å². The maximum absolute atomic E-state index is 14.8. The van der Waals surface area contributed by atoms with Crippen molar-refractivity contribution < 1.29 is 9.13 Å². The van der Waals surface area contributed by atoms with E-state index in [4.69, 9.17) is 9.72 Å². The second-order valence-corrected chi connectivity index (χ2v) is 8.32. The van der Waals surface area contributed by atoms with Gasteiger partial charge in [0, 0.05) is 37.9 Å². The average Bonchev–Trinajstić information content (AvgIpc) is 3.50. The van der Waals surface area contributed by atoms with Crippen molar-refractivity contribution in [1.29, 1.82) is 0 Å². The molecule has 1 aromatic carbocycles. The number of imidazole rings is 2. The van der Waals surface area contributed by atoms with Gasteiger partial charge in [0.1, 0.15) is 11.3 Å². The van der Waals surface area contributed by atoms with E-state index in [0.717, 1.165) is 48.5 Å². The van der Waals surface area contributed by atoms with Crippen LogP contribution in [0.25, 0.3) is 11.2 Å². The molecule has 10 nitrogen and oxygen atoms in total. The molecular formula is C22H24FN9O. The molecule has 4 aromatic rings. The summed E-state index contributed by atoms with van der Waals surface area (Å²) >= 11 is 0. The summed E-state index contributed by atoms with van der Waals surface area (Å²) in [4.78, 5) is 26.4. The molecule has 4 N–H and O–H groups in total. The van der Waals surface area contributed by atoms with Crippen LogP contribution in [0.1, 0.15) is 24.2 Å². The maximum Gasteiger partial charge on any atom is 0.231 e. The van der Waals surface area contributed by atoms with Gasteiger partial charge in [-0.2, -0.15) is 9.97 Å². The Morgan fingerprint density at radius 2 is 1.97 bits per heavy atom. The molecule has 0 spiro atoms. The molecule has 170 valence electrons. The van der Waals surface area contributed by atoms with Gasteiger partial charge in [-0.25, -0.2) is 14.4 Å². The number of rotatable bonds is 5. The van der Waals surface area contributed by atoms with E-state index in [0.29, 0.717) is 42.7 Å². The van der Waals surface area contributed by atoms with Gasteiger partial charge in [-0.05, 0) is 31.0 Å². The molecule has 0 aliphatic carbocycles. The van der Waals surface area contributed by atoms with Gasteiger partial charge in [-0.1, -0.05) is 0 Å². The van der Waals surface area contributed by atoms with Crippen molar-refractivity contribution in [2.24, 2.45) is 0 Å². The van der Waals surface area contributed by atoms with Crippen LogP contribution in [0.4, 0.5) is 27.5 Å². The minimum Gasteiger partial charge on any atom is -0.381 e. The molecule has 0 amide bonds. The van der Waals surface area contributed by atoms with Gasteiger partial charge in [-0.15, -0.1) is 0 Å². The average molecular weight is 449 g/mol. The first-order chi connectivity index (χ1) is 16.2. The molecule has 11 heteroatoms. The van der Waals surface area contributed by atoms with Crippen LogP contribution in [0, 0.1) is 5.82 Å². The lowest BCUT2D eigenvalue weighted by Gasteiger charge is -2.27. The smallest absolute Gasteiger partial charge is 0.231 e. The number of aromatic amines is 2. The number of ether oxygens (including phenoxy) is 1. The Balaban J connectivity index is 1.25. The lowest BCUT2D eigenvalue weighted by molar-refractivity contribution is 0.0904. The Kier molecular flexibility index (Phi) is 5.02. The predicted molar refractivity (Wildman–Crippen MR) is 122 cm³/mol.